The Labute approximate surface area is 85.1 Å². The van der Waals surface area contributed by atoms with Crippen LogP contribution in [-0.4, -0.2) is 20.6 Å². The topological polar surface area (TPSA) is 23.9 Å². The van der Waals surface area contributed by atoms with Crippen LogP contribution < -0.4 is 0 Å². The van der Waals surface area contributed by atoms with Crippen molar-refractivity contribution in [2.75, 3.05) is 0 Å². The van der Waals surface area contributed by atoms with Gasteiger partial charge in [-0.2, -0.15) is 0 Å². The third-order valence-electron chi connectivity index (χ3n) is 2.03. The summed E-state index contributed by atoms with van der Waals surface area (Å²) in [5, 5.41) is 9.88. The number of fused-ring (bicyclic) bond motifs is 1. The van der Waals surface area contributed by atoms with Crippen LogP contribution in [0.2, 0.25) is 0 Å². The van der Waals surface area contributed by atoms with E-state index in [1.54, 1.807) is 0 Å². The van der Waals surface area contributed by atoms with Crippen molar-refractivity contribution in [3.8, 4) is 0 Å². The molecule has 2 rings (SSSR count). The van der Waals surface area contributed by atoms with Crippen molar-refractivity contribution >= 4 is 31.4 Å². The van der Waals surface area contributed by atoms with Gasteiger partial charge in [0.15, 0.2) is 0 Å². The molecule has 13 heavy (non-hydrogen) atoms. The van der Waals surface area contributed by atoms with Crippen molar-refractivity contribution in [3.05, 3.63) is 48.0 Å². The van der Waals surface area contributed by atoms with E-state index in [1.165, 1.54) is 5.39 Å². The second kappa shape index (κ2) is 3.33. The van der Waals surface area contributed by atoms with Gasteiger partial charge in [-0.25, -0.2) is 0 Å². The molecule has 0 atom stereocenters. The van der Waals surface area contributed by atoms with Gasteiger partial charge < -0.3 is 0 Å². The first-order valence-corrected chi connectivity index (χ1v) is 4.88. The van der Waals surface area contributed by atoms with E-state index in [1.807, 2.05) is 30.3 Å². The molecule has 2 aromatic carbocycles. The third-order valence-corrected chi connectivity index (χ3v) is 2.50. The first kappa shape index (κ1) is 8.49. The normalized spacial score (nSPS) is 10.2. The molecule has 0 saturated heterocycles. The Morgan fingerprint density at radius 3 is 2.46 bits per heavy atom. The van der Waals surface area contributed by atoms with Crippen LogP contribution >= 0.6 is 0 Å². The molecule has 0 bridgehead atoms. The van der Waals surface area contributed by atoms with Crippen LogP contribution in [0.5, 0.6) is 0 Å². The Hall–Kier alpha value is -1.11. The fourth-order valence-corrected chi connectivity index (χ4v) is 1.80. The van der Waals surface area contributed by atoms with E-state index in [0.717, 1.165) is 10.9 Å². The first-order valence-electron chi connectivity index (χ1n) is 4.03. The predicted octanol–water partition coefficient (Wildman–Crippen LogP) is 2.33. The van der Waals surface area contributed by atoms with E-state index in [-0.39, 0.29) is 0 Å². The first-order chi connectivity index (χ1) is 6.29. The van der Waals surface area contributed by atoms with Gasteiger partial charge in [0.2, 0.25) is 0 Å². The van der Waals surface area contributed by atoms with Crippen LogP contribution in [0.25, 0.3) is 10.8 Å². The van der Waals surface area contributed by atoms with E-state index in [2.05, 4.69) is 28.1 Å². The van der Waals surface area contributed by atoms with Crippen LogP contribution in [0.3, 0.4) is 0 Å². The monoisotopic (exact) mass is 234 g/mol. The van der Waals surface area contributed by atoms with Gasteiger partial charge in [-0.3, -0.25) is 0 Å². The SMILES string of the molecule is N=C([Se])c1cccc2ccccc12. The minimum absolute atomic E-state index is 0.497. The summed E-state index contributed by atoms with van der Waals surface area (Å²) in [6.45, 7) is 0. The molecule has 63 valence electrons. The predicted molar refractivity (Wildman–Crippen MR) is 56.5 cm³/mol. The standard InChI is InChI=1S/C11H8NSe/c12-11(13)10-7-3-5-8-4-1-2-6-9(8)10/h1-7,12H. The Bertz CT molecular complexity index is 457. The maximum absolute atomic E-state index is 7.56. The summed E-state index contributed by atoms with van der Waals surface area (Å²) >= 11 is 2.73. The van der Waals surface area contributed by atoms with Gasteiger partial charge in [0.1, 0.15) is 0 Å². The minimum atomic E-state index is 0.497. The average molecular weight is 233 g/mol. The molecule has 0 aliphatic heterocycles. The molecule has 1 radical (unpaired) electrons. The maximum atomic E-state index is 7.56. The Kier molecular flexibility index (Phi) is 2.17. The van der Waals surface area contributed by atoms with E-state index in [9.17, 15) is 0 Å². The number of rotatable bonds is 1. The number of hydrogen-bond acceptors (Lipinski definition) is 1. The molecular formula is C11H8NSe. The summed E-state index contributed by atoms with van der Waals surface area (Å²) in [4.78, 5) is 0. The van der Waals surface area contributed by atoms with Crippen LogP contribution in [0.15, 0.2) is 42.5 Å². The molecule has 2 heteroatoms. The van der Waals surface area contributed by atoms with Gasteiger partial charge in [0.05, 0.1) is 0 Å². The van der Waals surface area contributed by atoms with Crippen molar-refractivity contribution in [1.29, 1.82) is 5.41 Å². The molecule has 0 saturated carbocycles. The molecule has 0 spiro atoms. The molecule has 0 aliphatic rings. The fraction of sp³-hybridized carbons (Fsp3) is 0. The number of hydrogen-bond donors (Lipinski definition) is 1. The van der Waals surface area contributed by atoms with E-state index in [0.29, 0.717) is 4.61 Å². The molecule has 0 aliphatic carbocycles. The van der Waals surface area contributed by atoms with Gasteiger partial charge in [-0.15, -0.1) is 0 Å². The molecule has 0 heterocycles. The molecule has 1 nitrogen and oxygen atoms in total. The summed E-state index contributed by atoms with van der Waals surface area (Å²) in [5.74, 6) is 0. The summed E-state index contributed by atoms with van der Waals surface area (Å²) in [5.41, 5.74) is 0.970. The summed E-state index contributed by atoms with van der Waals surface area (Å²) in [6, 6.07) is 14.1. The quantitative estimate of drug-likeness (QED) is 0.577. The van der Waals surface area contributed by atoms with Gasteiger partial charge in [-0.1, -0.05) is 0 Å². The van der Waals surface area contributed by atoms with Gasteiger partial charge in [-0.05, 0) is 0 Å². The summed E-state index contributed by atoms with van der Waals surface area (Å²) < 4.78 is 0.497. The second-order valence-corrected chi connectivity index (χ2v) is 3.71. The molecular weight excluding hydrogens is 225 g/mol. The van der Waals surface area contributed by atoms with Crippen LogP contribution in [-0.2, 0) is 0 Å². The Balaban J connectivity index is 2.83. The molecule has 2 aromatic rings. The molecule has 0 amide bonds. The van der Waals surface area contributed by atoms with Crippen molar-refractivity contribution < 1.29 is 0 Å². The number of benzene rings is 2. The summed E-state index contributed by atoms with van der Waals surface area (Å²) in [6.07, 6.45) is 0. The molecule has 1 N–H and O–H groups in total. The summed E-state index contributed by atoms with van der Waals surface area (Å²) in [7, 11) is 0. The van der Waals surface area contributed by atoms with Gasteiger partial charge in [0.25, 0.3) is 0 Å². The zero-order chi connectivity index (χ0) is 9.26. The fourth-order valence-electron chi connectivity index (χ4n) is 1.42. The zero-order valence-electron chi connectivity index (χ0n) is 6.95. The van der Waals surface area contributed by atoms with Crippen LogP contribution in [0.4, 0.5) is 0 Å². The van der Waals surface area contributed by atoms with Crippen molar-refractivity contribution in [3.63, 3.8) is 0 Å². The van der Waals surface area contributed by atoms with E-state index >= 15 is 0 Å². The van der Waals surface area contributed by atoms with Gasteiger partial charge >= 0.3 is 84.8 Å². The molecule has 0 aromatic heterocycles. The van der Waals surface area contributed by atoms with E-state index in [4.69, 9.17) is 5.41 Å². The van der Waals surface area contributed by atoms with Crippen LogP contribution in [0, 0.1) is 5.41 Å². The average Bonchev–Trinajstić information content (AvgIpc) is 2.17. The Morgan fingerprint density at radius 1 is 1.00 bits per heavy atom. The van der Waals surface area contributed by atoms with Gasteiger partial charge in [0, 0.05) is 0 Å². The second-order valence-electron chi connectivity index (χ2n) is 2.86. The van der Waals surface area contributed by atoms with Crippen LogP contribution in [0.1, 0.15) is 5.56 Å². The molecule has 0 fully saturated rings. The van der Waals surface area contributed by atoms with Crippen molar-refractivity contribution in [2.24, 2.45) is 0 Å². The van der Waals surface area contributed by atoms with Crippen molar-refractivity contribution in [1.82, 2.24) is 0 Å². The Morgan fingerprint density at radius 2 is 1.69 bits per heavy atom. The zero-order valence-corrected chi connectivity index (χ0v) is 8.66. The van der Waals surface area contributed by atoms with E-state index < -0.39 is 0 Å². The number of nitrogens with one attached hydrogen (secondary N) is 1. The third kappa shape index (κ3) is 1.51. The molecule has 0 unspecified atom stereocenters. The van der Waals surface area contributed by atoms with Crippen molar-refractivity contribution in [2.45, 2.75) is 0 Å².